The molecule has 3 rings (SSSR count). The third kappa shape index (κ3) is 3.25. The number of carbonyl (C=O) groups is 2. The molecule has 1 saturated heterocycles. The van der Waals surface area contributed by atoms with Crippen LogP contribution in [0.2, 0.25) is 0 Å². The van der Waals surface area contributed by atoms with E-state index in [1.165, 1.54) is 7.11 Å². The van der Waals surface area contributed by atoms with E-state index in [0.717, 1.165) is 12.0 Å². The first kappa shape index (κ1) is 19.8. The van der Waals surface area contributed by atoms with E-state index in [1.807, 2.05) is 19.9 Å². The van der Waals surface area contributed by atoms with Crippen molar-refractivity contribution in [3.8, 4) is 11.5 Å². The van der Waals surface area contributed by atoms with Gasteiger partial charge in [-0.25, -0.2) is 0 Å². The van der Waals surface area contributed by atoms with Gasteiger partial charge in [0.05, 0.1) is 19.8 Å². The van der Waals surface area contributed by atoms with Crippen LogP contribution in [0.15, 0.2) is 12.1 Å². The second-order valence-electron chi connectivity index (χ2n) is 7.09. The molecular formula is C19H26N2O5S. The van der Waals surface area contributed by atoms with E-state index in [4.69, 9.17) is 14.2 Å². The first-order chi connectivity index (χ1) is 12.9. The Morgan fingerprint density at radius 2 is 2.00 bits per heavy atom. The number of nitrogens with zero attached hydrogens (tertiary/aromatic N) is 1. The fourth-order valence-corrected chi connectivity index (χ4v) is 5.36. The van der Waals surface area contributed by atoms with Gasteiger partial charge in [0.2, 0.25) is 5.91 Å². The fourth-order valence-electron chi connectivity index (χ4n) is 3.78. The summed E-state index contributed by atoms with van der Waals surface area (Å²) in [7, 11) is 4.69. The van der Waals surface area contributed by atoms with Gasteiger partial charge in [0, 0.05) is 30.6 Å². The number of fused-ring (bicyclic) bond motifs is 3. The summed E-state index contributed by atoms with van der Waals surface area (Å²) >= 11 is 1.62. The Morgan fingerprint density at radius 1 is 1.26 bits per heavy atom. The Morgan fingerprint density at radius 3 is 2.63 bits per heavy atom. The molecule has 2 unspecified atom stereocenters. The van der Waals surface area contributed by atoms with Gasteiger partial charge in [-0.1, -0.05) is 6.07 Å². The molecule has 148 valence electrons. The van der Waals surface area contributed by atoms with Gasteiger partial charge in [-0.05, 0) is 26.3 Å². The zero-order valence-electron chi connectivity index (χ0n) is 16.3. The number of amides is 2. The molecule has 0 radical (unpaired) electrons. The highest BCUT2D eigenvalue weighted by Crippen LogP contribution is 2.58. The molecule has 27 heavy (non-hydrogen) atoms. The molecule has 8 heteroatoms. The molecule has 2 heterocycles. The minimum Gasteiger partial charge on any atom is -0.493 e. The second kappa shape index (κ2) is 7.59. The van der Waals surface area contributed by atoms with Crippen molar-refractivity contribution in [1.82, 2.24) is 10.2 Å². The number of hydrogen-bond donors (Lipinski definition) is 1. The molecule has 7 nitrogen and oxygen atoms in total. The van der Waals surface area contributed by atoms with Crippen LogP contribution in [0.4, 0.5) is 0 Å². The minimum absolute atomic E-state index is 0.141. The van der Waals surface area contributed by atoms with Gasteiger partial charge in [-0.2, -0.15) is 0 Å². The molecule has 0 aliphatic carbocycles. The predicted molar refractivity (Wildman–Crippen MR) is 103 cm³/mol. The average molecular weight is 394 g/mol. The molecule has 0 saturated carbocycles. The van der Waals surface area contributed by atoms with Gasteiger partial charge in [-0.15, -0.1) is 11.8 Å². The molecule has 2 atom stereocenters. The standard InChI is InChI=1S/C19H26N2O5S/c1-19(2)15(16(22)20-9-6-10-24-3)21-17(23)13-11(18(21)27-19)7-8-12(25-4)14(13)26-5/h7-8,15,18H,6,9-10H2,1-5H3,(H,20,22). The fraction of sp³-hybridized carbons (Fsp3) is 0.579. The Bertz CT molecular complexity index is 752. The molecule has 0 aromatic heterocycles. The van der Waals surface area contributed by atoms with Crippen molar-refractivity contribution in [3.63, 3.8) is 0 Å². The summed E-state index contributed by atoms with van der Waals surface area (Å²) in [5.41, 5.74) is 1.35. The van der Waals surface area contributed by atoms with Crippen LogP contribution in [0.1, 0.15) is 41.6 Å². The van der Waals surface area contributed by atoms with E-state index < -0.39 is 10.8 Å². The van der Waals surface area contributed by atoms with Crippen molar-refractivity contribution in [2.24, 2.45) is 0 Å². The summed E-state index contributed by atoms with van der Waals surface area (Å²) in [6.45, 7) is 5.10. The number of benzene rings is 1. The van der Waals surface area contributed by atoms with Crippen molar-refractivity contribution in [2.45, 2.75) is 36.4 Å². The highest BCUT2D eigenvalue weighted by Gasteiger charge is 2.58. The summed E-state index contributed by atoms with van der Waals surface area (Å²) < 4.78 is 15.4. The number of rotatable bonds is 7. The van der Waals surface area contributed by atoms with Gasteiger partial charge in [0.25, 0.3) is 5.91 Å². The Kier molecular flexibility index (Phi) is 5.58. The number of carbonyl (C=O) groups excluding carboxylic acids is 2. The number of ether oxygens (including phenoxy) is 3. The monoisotopic (exact) mass is 394 g/mol. The normalized spacial score (nSPS) is 22.4. The maximum atomic E-state index is 13.3. The van der Waals surface area contributed by atoms with Gasteiger partial charge in [-0.3, -0.25) is 9.59 Å². The van der Waals surface area contributed by atoms with Crippen molar-refractivity contribution >= 4 is 23.6 Å². The number of methoxy groups -OCH3 is 3. The SMILES string of the molecule is COCCCNC(=O)C1N2C(=O)c3c(ccc(OC)c3OC)C2SC1(C)C. The van der Waals surface area contributed by atoms with Gasteiger partial charge < -0.3 is 24.4 Å². The van der Waals surface area contributed by atoms with Crippen LogP contribution in [0.5, 0.6) is 11.5 Å². The van der Waals surface area contributed by atoms with E-state index in [9.17, 15) is 9.59 Å². The van der Waals surface area contributed by atoms with Crippen LogP contribution in [-0.2, 0) is 9.53 Å². The van der Waals surface area contributed by atoms with Crippen molar-refractivity contribution in [1.29, 1.82) is 0 Å². The third-order valence-corrected chi connectivity index (χ3v) is 6.50. The van der Waals surface area contributed by atoms with Crippen molar-refractivity contribution < 1.29 is 23.8 Å². The molecule has 1 fully saturated rings. The van der Waals surface area contributed by atoms with E-state index in [2.05, 4.69) is 5.32 Å². The minimum atomic E-state index is -0.564. The topological polar surface area (TPSA) is 77.1 Å². The van der Waals surface area contributed by atoms with Crippen LogP contribution >= 0.6 is 11.8 Å². The molecule has 2 aliphatic rings. The lowest BCUT2D eigenvalue weighted by Gasteiger charge is -2.29. The summed E-state index contributed by atoms with van der Waals surface area (Å²) in [6, 6.07) is 3.13. The van der Waals surface area contributed by atoms with E-state index in [0.29, 0.717) is 30.2 Å². The molecule has 1 N–H and O–H groups in total. The summed E-state index contributed by atoms with van der Waals surface area (Å²) in [5.74, 6) is 0.599. The summed E-state index contributed by atoms with van der Waals surface area (Å²) in [5, 5.41) is 2.73. The number of hydrogen-bond acceptors (Lipinski definition) is 6. The largest absolute Gasteiger partial charge is 0.493 e. The number of thioether (sulfide) groups is 1. The lowest BCUT2D eigenvalue weighted by Crippen LogP contribution is -2.52. The summed E-state index contributed by atoms with van der Waals surface area (Å²) in [6.07, 6.45) is 0.727. The molecule has 1 aromatic rings. The second-order valence-corrected chi connectivity index (χ2v) is 8.83. The predicted octanol–water partition coefficient (Wildman–Crippen LogP) is 2.20. The molecule has 1 aromatic carbocycles. The van der Waals surface area contributed by atoms with E-state index in [-0.39, 0.29) is 17.2 Å². The molecule has 0 bridgehead atoms. The van der Waals surface area contributed by atoms with Crippen LogP contribution < -0.4 is 14.8 Å². The first-order valence-corrected chi connectivity index (χ1v) is 9.77. The van der Waals surface area contributed by atoms with Crippen molar-refractivity contribution in [3.05, 3.63) is 23.3 Å². The quantitative estimate of drug-likeness (QED) is 0.715. The van der Waals surface area contributed by atoms with Crippen LogP contribution in [0, 0.1) is 0 Å². The maximum absolute atomic E-state index is 13.3. The molecule has 2 amide bonds. The van der Waals surface area contributed by atoms with E-state index in [1.54, 1.807) is 36.9 Å². The highest BCUT2D eigenvalue weighted by atomic mass is 32.2. The zero-order valence-corrected chi connectivity index (χ0v) is 17.1. The average Bonchev–Trinajstić information content (AvgIpc) is 3.07. The van der Waals surface area contributed by atoms with E-state index >= 15 is 0 Å². The van der Waals surface area contributed by atoms with Gasteiger partial charge in [0.15, 0.2) is 11.5 Å². The Labute approximate surface area is 163 Å². The van der Waals surface area contributed by atoms with Crippen LogP contribution in [-0.4, -0.2) is 62.0 Å². The molecule has 2 aliphatic heterocycles. The number of nitrogens with one attached hydrogen (secondary N) is 1. The van der Waals surface area contributed by atoms with Crippen molar-refractivity contribution in [2.75, 3.05) is 34.5 Å². The van der Waals surface area contributed by atoms with Gasteiger partial charge >= 0.3 is 0 Å². The lowest BCUT2D eigenvalue weighted by atomic mass is 10.0. The first-order valence-electron chi connectivity index (χ1n) is 8.89. The van der Waals surface area contributed by atoms with Crippen LogP contribution in [0.25, 0.3) is 0 Å². The van der Waals surface area contributed by atoms with Gasteiger partial charge in [0.1, 0.15) is 11.4 Å². The van der Waals surface area contributed by atoms with Crippen LogP contribution in [0.3, 0.4) is 0 Å². The smallest absolute Gasteiger partial charge is 0.260 e. The molecular weight excluding hydrogens is 368 g/mol. The molecule has 0 spiro atoms. The zero-order chi connectivity index (χ0) is 19.8. The lowest BCUT2D eigenvalue weighted by molar-refractivity contribution is -0.126. The maximum Gasteiger partial charge on any atom is 0.260 e. The highest BCUT2D eigenvalue weighted by molar-refractivity contribution is 8.01. The summed E-state index contributed by atoms with van der Waals surface area (Å²) in [4.78, 5) is 27.9. The Hall–Kier alpha value is -1.93. The third-order valence-electron chi connectivity index (χ3n) is 4.97. The Balaban J connectivity index is 1.92.